The normalized spacial score (nSPS) is 12.0. The molecule has 23 heavy (non-hydrogen) atoms. The van der Waals surface area contributed by atoms with E-state index in [4.69, 9.17) is 18.0 Å². The van der Waals surface area contributed by atoms with Crippen molar-refractivity contribution in [1.82, 2.24) is 10.2 Å². The molecular weight excluding hydrogens is 302 g/mol. The summed E-state index contributed by atoms with van der Waals surface area (Å²) in [7, 11) is 0. The van der Waals surface area contributed by atoms with Gasteiger partial charge in [-0.3, -0.25) is 5.10 Å². The summed E-state index contributed by atoms with van der Waals surface area (Å²) < 4.78 is 0. The van der Waals surface area contributed by atoms with E-state index in [1.165, 1.54) is 11.1 Å². The van der Waals surface area contributed by atoms with Crippen LogP contribution < -0.4 is 5.73 Å². The van der Waals surface area contributed by atoms with Crippen LogP contribution in [0.4, 0.5) is 0 Å². The van der Waals surface area contributed by atoms with Crippen LogP contribution in [0.5, 0.6) is 0 Å². The van der Waals surface area contributed by atoms with E-state index in [1.807, 2.05) is 30.6 Å². The van der Waals surface area contributed by atoms with E-state index < -0.39 is 0 Å². The first-order chi connectivity index (χ1) is 11.3. The van der Waals surface area contributed by atoms with Crippen molar-refractivity contribution in [3.05, 3.63) is 78.1 Å². The molecule has 0 aliphatic carbocycles. The molecule has 0 aliphatic heterocycles. The van der Waals surface area contributed by atoms with Crippen molar-refractivity contribution in [2.75, 3.05) is 6.54 Å². The molecule has 116 valence electrons. The highest BCUT2D eigenvalue weighted by Gasteiger charge is 2.15. The molecule has 0 spiro atoms. The lowest BCUT2D eigenvalue weighted by Gasteiger charge is -2.17. The molecule has 0 saturated heterocycles. The molecule has 0 amide bonds. The van der Waals surface area contributed by atoms with Crippen molar-refractivity contribution in [2.24, 2.45) is 5.73 Å². The SMILES string of the molecule is NCC(C(=S)Cc1ccc(-c2cn[nH]c2)cc1)c1ccccc1. The van der Waals surface area contributed by atoms with Gasteiger partial charge in [-0.2, -0.15) is 5.10 Å². The number of rotatable bonds is 6. The Morgan fingerprint density at radius 2 is 1.78 bits per heavy atom. The minimum atomic E-state index is 0.125. The average molecular weight is 321 g/mol. The monoisotopic (exact) mass is 321 g/mol. The highest BCUT2D eigenvalue weighted by Crippen LogP contribution is 2.21. The van der Waals surface area contributed by atoms with Crippen LogP contribution >= 0.6 is 12.2 Å². The zero-order valence-electron chi connectivity index (χ0n) is 12.8. The van der Waals surface area contributed by atoms with Crippen LogP contribution in [0, 0.1) is 0 Å². The quantitative estimate of drug-likeness (QED) is 0.680. The van der Waals surface area contributed by atoms with Crippen LogP contribution in [0.1, 0.15) is 17.0 Å². The molecule has 0 fully saturated rings. The number of H-pyrrole nitrogens is 1. The Bertz CT molecular complexity index is 749. The molecule has 1 atom stereocenters. The third-order valence-corrected chi connectivity index (χ3v) is 4.42. The third-order valence-electron chi connectivity index (χ3n) is 3.99. The van der Waals surface area contributed by atoms with Crippen LogP contribution in [-0.2, 0) is 6.42 Å². The highest BCUT2D eigenvalue weighted by molar-refractivity contribution is 7.80. The Morgan fingerprint density at radius 1 is 1.04 bits per heavy atom. The molecular formula is C19H19N3S. The fraction of sp³-hybridized carbons (Fsp3) is 0.158. The van der Waals surface area contributed by atoms with Crippen LogP contribution in [0.25, 0.3) is 11.1 Å². The van der Waals surface area contributed by atoms with Crippen LogP contribution in [0.3, 0.4) is 0 Å². The number of nitrogens with zero attached hydrogens (tertiary/aromatic N) is 1. The molecule has 1 heterocycles. The van der Waals surface area contributed by atoms with Gasteiger partial charge in [0, 0.05) is 35.5 Å². The number of hydrogen-bond donors (Lipinski definition) is 2. The summed E-state index contributed by atoms with van der Waals surface area (Å²) in [5.41, 5.74) is 10.6. The first-order valence-electron chi connectivity index (χ1n) is 7.63. The van der Waals surface area contributed by atoms with Gasteiger partial charge in [0.25, 0.3) is 0 Å². The average Bonchev–Trinajstić information content (AvgIpc) is 3.12. The van der Waals surface area contributed by atoms with Crippen LogP contribution in [0.15, 0.2) is 67.0 Å². The zero-order valence-corrected chi connectivity index (χ0v) is 13.6. The second kappa shape index (κ2) is 7.31. The summed E-state index contributed by atoms with van der Waals surface area (Å²) in [6.07, 6.45) is 4.47. The first kappa shape index (κ1) is 15.6. The maximum absolute atomic E-state index is 5.95. The second-order valence-corrected chi connectivity index (χ2v) is 6.05. The molecule has 0 radical (unpaired) electrons. The minimum Gasteiger partial charge on any atom is -0.330 e. The van der Waals surface area contributed by atoms with Crippen molar-refractivity contribution in [3.8, 4) is 11.1 Å². The standard InChI is InChI=1S/C19H19N3S/c20-11-18(16-4-2-1-3-5-16)19(23)10-14-6-8-15(9-7-14)17-12-21-22-13-17/h1-9,12-13,18H,10-11,20H2,(H,21,22). The van der Waals surface area contributed by atoms with Gasteiger partial charge in [-0.05, 0) is 16.7 Å². The lowest BCUT2D eigenvalue weighted by atomic mass is 9.92. The number of nitrogens with two attached hydrogens (primary N) is 1. The maximum atomic E-state index is 5.95. The predicted octanol–water partition coefficient (Wildman–Crippen LogP) is 3.73. The van der Waals surface area contributed by atoms with Gasteiger partial charge in [0.15, 0.2) is 0 Å². The van der Waals surface area contributed by atoms with Crippen molar-refractivity contribution in [1.29, 1.82) is 0 Å². The van der Waals surface area contributed by atoms with Crippen molar-refractivity contribution in [3.63, 3.8) is 0 Å². The van der Waals surface area contributed by atoms with Crippen molar-refractivity contribution >= 4 is 17.1 Å². The van der Waals surface area contributed by atoms with Gasteiger partial charge in [-0.15, -0.1) is 0 Å². The number of thiocarbonyl (C=S) groups is 1. The number of hydrogen-bond acceptors (Lipinski definition) is 3. The molecule has 2 aromatic carbocycles. The molecule has 4 heteroatoms. The fourth-order valence-corrected chi connectivity index (χ4v) is 3.09. The van der Waals surface area contributed by atoms with E-state index in [-0.39, 0.29) is 5.92 Å². The Kier molecular flexibility index (Phi) is 4.95. The van der Waals surface area contributed by atoms with Gasteiger partial charge in [0.05, 0.1) is 6.20 Å². The second-order valence-electron chi connectivity index (χ2n) is 5.53. The van der Waals surface area contributed by atoms with Gasteiger partial charge >= 0.3 is 0 Å². The van der Waals surface area contributed by atoms with Crippen LogP contribution in [0.2, 0.25) is 0 Å². The van der Waals surface area contributed by atoms with E-state index in [0.29, 0.717) is 6.54 Å². The Labute approximate surface area is 141 Å². The minimum absolute atomic E-state index is 0.125. The number of benzene rings is 2. The van der Waals surface area contributed by atoms with E-state index in [1.54, 1.807) is 0 Å². The predicted molar refractivity (Wildman–Crippen MR) is 98.6 cm³/mol. The van der Waals surface area contributed by atoms with Gasteiger partial charge < -0.3 is 5.73 Å². The highest BCUT2D eigenvalue weighted by atomic mass is 32.1. The molecule has 3 nitrogen and oxygen atoms in total. The maximum Gasteiger partial charge on any atom is 0.0565 e. The molecule has 1 unspecified atom stereocenters. The molecule has 3 aromatic rings. The first-order valence-corrected chi connectivity index (χ1v) is 8.04. The smallest absolute Gasteiger partial charge is 0.0565 e. The summed E-state index contributed by atoms with van der Waals surface area (Å²) in [5, 5.41) is 6.81. The number of nitrogens with one attached hydrogen (secondary N) is 1. The number of aromatic amines is 1. The summed E-state index contributed by atoms with van der Waals surface area (Å²) >= 11 is 5.66. The van der Waals surface area contributed by atoms with E-state index in [0.717, 1.165) is 22.4 Å². The zero-order chi connectivity index (χ0) is 16.1. The fourth-order valence-electron chi connectivity index (χ4n) is 2.69. The van der Waals surface area contributed by atoms with Crippen molar-refractivity contribution < 1.29 is 0 Å². The van der Waals surface area contributed by atoms with Crippen molar-refractivity contribution in [2.45, 2.75) is 12.3 Å². The topological polar surface area (TPSA) is 54.7 Å². The van der Waals surface area contributed by atoms with E-state index in [2.05, 4.69) is 46.6 Å². The summed E-state index contributed by atoms with van der Waals surface area (Å²) in [6, 6.07) is 18.7. The molecule has 0 saturated carbocycles. The third kappa shape index (κ3) is 3.73. The molecule has 0 aliphatic rings. The van der Waals surface area contributed by atoms with Crippen LogP contribution in [-0.4, -0.2) is 21.6 Å². The number of aromatic nitrogens is 2. The molecule has 1 aromatic heterocycles. The van der Waals surface area contributed by atoms with E-state index in [9.17, 15) is 0 Å². The summed E-state index contributed by atoms with van der Waals surface area (Å²) in [4.78, 5) is 0.981. The largest absolute Gasteiger partial charge is 0.330 e. The van der Waals surface area contributed by atoms with E-state index >= 15 is 0 Å². The Morgan fingerprint density at radius 3 is 2.39 bits per heavy atom. The van der Waals surface area contributed by atoms with Gasteiger partial charge in [-0.25, -0.2) is 0 Å². The Hall–Kier alpha value is -2.30. The molecule has 0 bridgehead atoms. The summed E-state index contributed by atoms with van der Waals surface area (Å²) in [6.45, 7) is 0.538. The molecule has 3 N–H and O–H groups in total. The van der Waals surface area contributed by atoms with Gasteiger partial charge in [0.1, 0.15) is 0 Å². The Balaban J connectivity index is 1.72. The summed E-state index contributed by atoms with van der Waals surface area (Å²) in [5.74, 6) is 0.125. The lowest BCUT2D eigenvalue weighted by molar-refractivity contribution is 0.887. The lowest BCUT2D eigenvalue weighted by Crippen LogP contribution is -2.21. The molecule has 3 rings (SSSR count). The van der Waals surface area contributed by atoms with Gasteiger partial charge in [0.2, 0.25) is 0 Å². The van der Waals surface area contributed by atoms with Gasteiger partial charge in [-0.1, -0.05) is 66.8 Å².